The summed E-state index contributed by atoms with van der Waals surface area (Å²) in [6.45, 7) is 8.37. The first kappa shape index (κ1) is 17.6. The van der Waals surface area contributed by atoms with E-state index in [9.17, 15) is 4.79 Å². The minimum atomic E-state index is -0.0205. The van der Waals surface area contributed by atoms with Crippen LogP contribution in [0, 0.1) is 0 Å². The normalized spacial score (nSPS) is 18.0. The van der Waals surface area contributed by atoms with Crippen LogP contribution in [0.2, 0.25) is 0 Å². The van der Waals surface area contributed by atoms with Crippen LogP contribution in [-0.2, 0) is 17.9 Å². The summed E-state index contributed by atoms with van der Waals surface area (Å²) >= 11 is 0. The molecule has 2 aromatic rings. The standard InChI is InChI=1S/C19H27N5O/c1-14(2)24-17(8-9-22-24)13-23-10-4-5-19(23)18-7-6-16(12-21-18)11-20-15(3)25/h6-9,12,14,19H,4-5,10-11,13H2,1-3H3,(H,20,25)/t19-/m0/s1. The van der Waals surface area contributed by atoms with Gasteiger partial charge in [-0.05, 0) is 50.9 Å². The van der Waals surface area contributed by atoms with Gasteiger partial charge in [0.15, 0.2) is 0 Å². The Labute approximate surface area is 149 Å². The predicted octanol–water partition coefficient (Wildman–Crippen LogP) is 2.83. The molecule has 0 unspecified atom stereocenters. The summed E-state index contributed by atoms with van der Waals surface area (Å²) in [5.41, 5.74) is 3.39. The van der Waals surface area contributed by atoms with Crippen LogP contribution in [0.3, 0.4) is 0 Å². The molecule has 0 saturated carbocycles. The van der Waals surface area contributed by atoms with Crippen LogP contribution in [0.5, 0.6) is 0 Å². The van der Waals surface area contributed by atoms with Crippen molar-refractivity contribution < 1.29 is 4.79 Å². The second kappa shape index (κ2) is 7.78. The van der Waals surface area contributed by atoms with E-state index in [0.717, 1.165) is 30.8 Å². The van der Waals surface area contributed by atoms with Gasteiger partial charge in [-0.3, -0.25) is 19.4 Å². The van der Waals surface area contributed by atoms with Crippen molar-refractivity contribution in [2.75, 3.05) is 6.54 Å². The lowest BCUT2D eigenvalue weighted by molar-refractivity contribution is -0.119. The number of carbonyl (C=O) groups is 1. The van der Waals surface area contributed by atoms with Gasteiger partial charge in [-0.25, -0.2) is 0 Å². The topological polar surface area (TPSA) is 63.1 Å². The molecule has 2 aromatic heterocycles. The van der Waals surface area contributed by atoms with E-state index in [4.69, 9.17) is 0 Å². The third-order valence-corrected chi connectivity index (χ3v) is 4.70. The molecule has 134 valence electrons. The Morgan fingerprint density at radius 3 is 2.88 bits per heavy atom. The molecule has 1 N–H and O–H groups in total. The molecule has 6 nitrogen and oxygen atoms in total. The third kappa shape index (κ3) is 4.25. The summed E-state index contributed by atoms with van der Waals surface area (Å²) < 4.78 is 2.10. The highest BCUT2D eigenvalue weighted by Crippen LogP contribution is 2.32. The molecular weight excluding hydrogens is 314 g/mol. The Kier molecular flexibility index (Phi) is 5.48. The highest BCUT2D eigenvalue weighted by molar-refractivity contribution is 5.72. The second-order valence-electron chi connectivity index (χ2n) is 6.99. The minimum absolute atomic E-state index is 0.0205. The van der Waals surface area contributed by atoms with E-state index in [1.165, 1.54) is 19.0 Å². The Morgan fingerprint density at radius 1 is 1.36 bits per heavy atom. The maximum atomic E-state index is 11.0. The molecule has 1 aliphatic rings. The maximum absolute atomic E-state index is 11.0. The van der Waals surface area contributed by atoms with Crippen molar-refractivity contribution in [1.29, 1.82) is 0 Å². The van der Waals surface area contributed by atoms with Gasteiger partial charge in [0.1, 0.15) is 0 Å². The molecule has 3 rings (SSSR count). The number of hydrogen-bond acceptors (Lipinski definition) is 4. The molecule has 0 aliphatic carbocycles. The van der Waals surface area contributed by atoms with E-state index in [1.807, 2.05) is 12.4 Å². The Balaban J connectivity index is 1.69. The van der Waals surface area contributed by atoms with Crippen molar-refractivity contribution in [2.24, 2.45) is 0 Å². The van der Waals surface area contributed by atoms with Crippen LogP contribution < -0.4 is 5.32 Å². The van der Waals surface area contributed by atoms with Gasteiger partial charge in [0.25, 0.3) is 0 Å². The van der Waals surface area contributed by atoms with Crippen molar-refractivity contribution >= 4 is 5.91 Å². The number of nitrogens with one attached hydrogen (secondary N) is 1. The fourth-order valence-electron chi connectivity index (χ4n) is 3.45. The Morgan fingerprint density at radius 2 is 2.20 bits per heavy atom. The van der Waals surface area contributed by atoms with Crippen LogP contribution in [-0.4, -0.2) is 32.1 Å². The van der Waals surface area contributed by atoms with Gasteiger partial charge in [0, 0.05) is 38.4 Å². The summed E-state index contributed by atoms with van der Waals surface area (Å²) in [5, 5.41) is 7.25. The van der Waals surface area contributed by atoms with E-state index < -0.39 is 0 Å². The molecule has 3 heterocycles. The zero-order chi connectivity index (χ0) is 17.8. The number of likely N-dealkylation sites (tertiary alicyclic amines) is 1. The number of amides is 1. The quantitative estimate of drug-likeness (QED) is 0.877. The monoisotopic (exact) mass is 341 g/mol. The van der Waals surface area contributed by atoms with Crippen molar-refractivity contribution in [1.82, 2.24) is 25.0 Å². The number of carbonyl (C=O) groups excluding carboxylic acids is 1. The molecule has 0 bridgehead atoms. The molecule has 1 amide bonds. The van der Waals surface area contributed by atoms with Crippen molar-refractivity contribution in [3.63, 3.8) is 0 Å². The van der Waals surface area contributed by atoms with Gasteiger partial charge in [0.05, 0.1) is 17.4 Å². The first-order chi connectivity index (χ1) is 12.0. The lowest BCUT2D eigenvalue weighted by atomic mass is 10.1. The first-order valence-electron chi connectivity index (χ1n) is 9.00. The van der Waals surface area contributed by atoms with E-state index in [-0.39, 0.29) is 5.91 Å². The van der Waals surface area contributed by atoms with Crippen molar-refractivity contribution in [3.05, 3.63) is 47.5 Å². The average molecular weight is 341 g/mol. The number of pyridine rings is 1. The highest BCUT2D eigenvalue weighted by atomic mass is 16.1. The Bertz CT molecular complexity index is 707. The third-order valence-electron chi connectivity index (χ3n) is 4.70. The summed E-state index contributed by atoms with van der Waals surface area (Å²) in [6, 6.07) is 6.99. The summed E-state index contributed by atoms with van der Waals surface area (Å²) in [4.78, 5) is 18.2. The Hall–Kier alpha value is -2.21. The maximum Gasteiger partial charge on any atom is 0.217 e. The predicted molar refractivity (Wildman–Crippen MR) is 96.8 cm³/mol. The summed E-state index contributed by atoms with van der Waals surface area (Å²) in [6.07, 6.45) is 6.08. The van der Waals surface area contributed by atoms with Gasteiger partial charge in [-0.2, -0.15) is 5.10 Å². The van der Waals surface area contributed by atoms with Gasteiger partial charge < -0.3 is 5.32 Å². The average Bonchev–Trinajstić information content (AvgIpc) is 3.23. The van der Waals surface area contributed by atoms with Gasteiger partial charge in [-0.1, -0.05) is 6.07 Å². The number of rotatable bonds is 6. The fraction of sp³-hybridized carbons (Fsp3) is 0.526. The molecule has 6 heteroatoms. The minimum Gasteiger partial charge on any atom is -0.352 e. The van der Waals surface area contributed by atoms with E-state index >= 15 is 0 Å². The molecule has 0 aromatic carbocycles. The fourth-order valence-corrected chi connectivity index (χ4v) is 3.45. The molecule has 25 heavy (non-hydrogen) atoms. The molecule has 0 radical (unpaired) electrons. The van der Waals surface area contributed by atoms with E-state index in [2.05, 4.69) is 57.0 Å². The number of hydrogen-bond donors (Lipinski definition) is 1. The zero-order valence-electron chi connectivity index (χ0n) is 15.3. The zero-order valence-corrected chi connectivity index (χ0v) is 15.3. The van der Waals surface area contributed by atoms with Crippen LogP contribution >= 0.6 is 0 Å². The number of nitrogens with zero attached hydrogens (tertiary/aromatic N) is 4. The lowest BCUT2D eigenvalue weighted by Crippen LogP contribution is -2.25. The van der Waals surface area contributed by atoms with Crippen LogP contribution in [0.25, 0.3) is 0 Å². The van der Waals surface area contributed by atoms with Gasteiger partial charge >= 0.3 is 0 Å². The number of aromatic nitrogens is 3. The summed E-state index contributed by atoms with van der Waals surface area (Å²) in [5.74, 6) is -0.0205. The SMILES string of the molecule is CC(=O)NCc1ccc([C@@H]2CCCN2Cc2ccnn2C(C)C)nc1. The molecule has 1 fully saturated rings. The molecule has 1 saturated heterocycles. The van der Waals surface area contributed by atoms with Gasteiger partial charge in [0.2, 0.25) is 5.91 Å². The molecular formula is C19H27N5O. The summed E-state index contributed by atoms with van der Waals surface area (Å²) in [7, 11) is 0. The molecule has 1 aliphatic heterocycles. The van der Waals surface area contributed by atoms with Crippen molar-refractivity contribution in [2.45, 2.75) is 58.8 Å². The largest absolute Gasteiger partial charge is 0.352 e. The molecule has 0 spiro atoms. The second-order valence-corrected chi connectivity index (χ2v) is 6.99. The lowest BCUT2D eigenvalue weighted by Gasteiger charge is -2.25. The van der Waals surface area contributed by atoms with E-state index in [0.29, 0.717) is 18.6 Å². The molecule has 1 atom stereocenters. The van der Waals surface area contributed by atoms with Crippen LogP contribution in [0.15, 0.2) is 30.6 Å². The first-order valence-corrected chi connectivity index (χ1v) is 9.00. The van der Waals surface area contributed by atoms with E-state index in [1.54, 1.807) is 0 Å². The smallest absolute Gasteiger partial charge is 0.217 e. The van der Waals surface area contributed by atoms with Gasteiger partial charge in [-0.15, -0.1) is 0 Å². The van der Waals surface area contributed by atoms with Crippen LogP contribution in [0.1, 0.15) is 62.6 Å². The highest BCUT2D eigenvalue weighted by Gasteiger charge is 2.28. The van der Waals surface area contributed by atoms with Crippen LogP contribution in [0.4, 0.5) is 0 Å². The van der Waals surface area contributed by atoms with Crippen molar-refractivity contribution in [3.8, 4) is 0 Å².